The van der Waals surface area contributed by atoms with E-state index in [1.54, 1.807) is 0 Å². The Morgan fingerprint density at radius 1 is 0.974 bits per heavy atom. The normalized spacial score (nSPS) is 33.5. The molecule has 210 valence electrons. The first kappa shape index (κ1) is 29.5. The zero-order chi connectivity index (χ0) is 29.1. The first-order valence-electron chi connectivity index (χ1n) is 10.9. The molecule has 2 saturated heterocycles. The van der Waals surface area contributed by atoms with Crippen molar-refractivity contribution in [3.63, 3.8) is 0 Å². The summed E-state index contributed by atoms with van der Waals surface area (Å²) in [6.45, 7) is -1.57. The van der Waals surface area contributed by atoms with Crippen LogP contribution in [0.2, 0.25) is 0 Å². The first-order chi connectivity index (χ1) is 18.4. The van der Waals surface area contributed by atoms with Crippen molar-refractivity contribution in [1.29, 1.82) is 0 Å². The molecule has 0 amide bonds. The van der Waals surface area contributed by atoms with Crippen LogP contribution in [0.5, 0.6) is 0 Å². The van der Waals surface area contributed by atoms with Crippen molar-refractivity contribution in [3.05, 3.63) is 55.9 Å². The van der Waals surface area contributed by atoms with E-state index < -0.39 is 72.8 Å². The number of anilines is 2. The zero-order valence-corrected chi connectivity index (χ0v) is 19.9. The average Bonchev–Trinajstić information content (AvgIpc) is 3.30. The second-order valence-corrected chi connectivity index (χ2v) is 8.36. The van der Waals surface area contributed by atoms with Gasteiger partial charge in [0.25, 0.3) is 0 Å². The number of aliphatic hydroxyl groups is 6. The molecule has 2 aliphatic rings. The summed E-state index contributed by atoms with van der Waals surface area (Å²) in [5, 5.41) is 61.1. The molecular formula is C20H25N9O10. The standard InChI is InChI=1S/C11H13N3O5.C9H12N6O5/c1-2-11(5-15)8(17)7(16)9(19-11)14-4-3-6(12)13-10(14)18;10-4-1-2-15(8(19)12-4)7-5(17)6(18)9(3-16,20-7)13-14-11/h1,3-4,7-9,15-17H,5H2,(H2,12,13,18);1-2,5-7,16-18H,3H2,(H2,10,12,19)/t7-,8+,9-,11-;5-,6+,7-,9-/m11/s1. The number of hydrogen-bond donors (Lipinski definition) is 8. The fourth-order valence-corrected chi connectivity index (χ4v) is 3.86. The molecule has 0 aliphatic carbocycles. The van der Waals surface area contributed by atoms with Gasteiger partial charge in [-0.1, -0.05) is 11.0 Å². The highest BCUT2D eigenvalue weighted by atomic mass is 16.6. The van der Waals surface area contributed by atoms with E-state index in [4.69, 9.17) is 32.9 Å². The molecule has 0 spiro atoms. The highest BCUT2D eigenvalue weighted by Gasteiger charge is 2.55. The lowest BCUT2D eigenvalue weighted by Gasteiger charge is -2.23. The van der Waals surface area contributed by atoms with Crippen LogP contribution in [0.25, 0.3) is 10.4 Å². The monoisotopic (exact) mass is 551 g/mol. The van der Waals surface area contributed by atoms with Crippen molar-refractivity contribution in [3.8, 4) is 12.3 Å². The van der Waals surface area contributed by atoms with Gasteiger partial charge in [-0.05, 0) is 17.7 Å². The third-order valence-corrected chi connectivity index (χ3v) is 6.00. The van der Waals surface area contributed by atoms with Crippen molar-refractivity contribution >= 4 is 11.6 Å². The molecule has 39 heavy (non-hydrogen) atoms. The van der Waals surface area contributed by atoms with Gasteiger partial charge in [0, 0.05) is 17.3 Å². The molecule has 19 heteroatoms. The molecular weight excluding hydrogens is 526 g/mol. The van der Waals surface area contributed by atoms with Gasteiger partial charge >= 0.3 is 11.4 Å². The minimum atomic E-state index is -2.07. The van der Waals surface area contributed by atoms with E-state index in [1.165, 1.54) is 24.5 Å². The third-order valence-electron chi connectivity index (χ3n) is 6.00. The Kier molecular flexibility index (Phi) is 8.57. The minimum absolute atomic E-state index is 0.0136. The Bertz CT molecular complexity index is 1410. The van der Waals surface area contributed by atoms with Crippen molar-refractivity contribution in [2.45, 2.75) is 48.2 Å². The number of nitrogen functional groups attached to an aromatic ring is 2. The summed E-state index contributed by atoms with van der Waals surface area (Å²) in [6, 6.07) is 2.62. The molecule has 2 aromatic rings. The van der Waals surface area contributed by atoms with Gasteiger partial charge in [0.15, 0.2) is 18.1 Å². The number of terminal acetylenes is 1. The Balaban J connectivity index is 0.000000216. The van der Waals surface area contributed by atoms with Crippen LogP contribution >= 0.6 is 0 Å². The number of aliphatic hydroxyl groups excluding tert-OH is 6. The summed E-state index contributed by atoms with van der Waals surface area (Å²) in [5.74, 6) is 2.08. The molecule has 19 nitrogen and oxygen atoms in total. The zero-order valence-electron chi connectivity index (χ0n) is 19.9. The van der Waals surface area contributed by atoms with Crippen LogP contribution in [0.1, 0.15) is 12.5 Å². The van der Waals surface area contributed by atoms with Crippen LogP contribution in [-0.4, -0.2) is 98.7 Å². The van der Waals surface area contributed by atoms with Gasteiger partial charge in [0.2, 0.25) is 5.72 Å². The summed E-state index contributed by atoms with van der Waals surface area (Å²) >= 11 is 0. The highest BCUT2D eigenvalue weighted by molar-refractivity contribution is 5.25. The number of hydrogen-bond acceptors (Lipinski definition) is 15. The van der Waals surface area contributed by atoms with E-state index in [2.05, 4.69) is 25.9 Å². The van der Waals surface area contributed by atoms with Crippen LogP contribution in [0.15, 0.2) is 39.2 Å². The lowest BCUT2D eigenvalue weighted by atomic mass is 9.97. The lowest BCUT2D eigenvalue weighted by molar-refractivity contribution is -0.125. The SMILES string of the molecule is C#C[C@]1(CO)O[C@@H](n2ccc(N)nc2=O)[C@H](O)[C@@H]1O.[N-]=[N+]=N[C@]1(CO)O[C@@H](n2ccc(N)nc2=O)[C@H](O)[C@@H]1O. The quantitative estimate of drug-likeness (QED) is 0.0752. The molecule has 2 fully saturated rings. The first-order valence-corrected chi connectivity index (χ1v) is 10.9. The Labute approximate surface area is 217 Å². The van der Waals surface area contributed by atoms with E-state index in [-0.39, 0.29) is 11.6 Å². The smallest absolute Gasteiger partial charge is 0.351 e. The van der Waals surface area contributed by atoms with Gasteiger partial charge in [-0.15, -0.1) is 6.42 Å². The average molecular weight is 551 g/mol. The maximum Gasteiger partial charge on any atom is 0.351 e. The van der Waals surface area contributed by atoms with Gasteiger partial charge in [0.1, 0.15) is 36.1 Å². The van der Waals surface area contributed by atoms with Gasteiger partial charge in [-0.25, -0.2) is 9.59 Å². The third kappa shape index (κ3) is 5.27. The minimum Gasteiger partial charge on any atom is -0.393 e. The van der Waals surface area contributed by atoms with E-state index in [0.29, 0.717) is 0 Å². The number of aromatic nitrogens is 4. The number of nitrogens with zero attached hydrogens (tertiary/aromatic N) is 7. The van der Waals surface area contributed by atoms with E-state index in [1.807, 2.05) is 0 Å². The molecule has 4 rings (SSSR count). The predicted molar refractivity (Wildman–Crippen MR) is 128 cm³/mol. The predicted octanol–water partition coefficient (Wildman–Crippen LogP) is -4.48. The van der Waals surface area contributed by atoms with E-state index in [9.17, 15) is 40.2 Å². The topological polar surface area (TPSA) is 310 Å². The number of ether oxygens (including phenoxy) is 2. The van der Waals surface area contributed by atoms with Crippen molar-refractivity contribution in [1.82, 2.24) is 19.1 Å². The Morgan fingerprint density at radius 3 is 1.85 bits per heavy atom. The number of rotatable bonds is 5. The van der Waals surface area contributed by atoms with Crippen molar-refractivity contribution in [2.75, 3.05) is 24.7 Å². The molecule has 0 saturated carbocycles. The van der Waals surface area contributed by atoms with Gasteiger partial charge in [-0.2, -0.15) is 9.97 Å². The van der Waals surface area contributed by atoms with Gasteiger partial charge < -0.3 is 51.6 Å². The second kappa shape index (κ2) is 11.3. The molecule has 4 heterocycles. The highest BCUT2D eigenvalue weighted by Crippen LogP contribution is 2.38. The van der Waals surface area contributed by atoms with E-state index >= 15 is 0 Å². The summed E-state index contributed by atoms with van der Waals surface area (Å²) in [6.07, 6.45) is -1.28. The van der Waals surface area contributed by atoms with Crippen molar-refractivity contribution in [2.24, 2.45) is 5.11 Å². The van der Waals surface area contributed by atoms with Crippen LogP contribution < -0.4 is 22.8 Å². The van der Waals surface area contributed by atoms with Gasteiger partial charge in [0.05, 0.1) is 13.2 Å². The molecule has 2 aliphatic heterocycles. The maximum atomic E-state index is 11.7. The summed E-state index contributed by atoms with van der Waals surface area (Å²) in [5.41, 5.74) is 13.7. The fraction of sp³-hybridized carbons (Fsp3) is 0.500. The fourth-order valence-electron chi connectivity index (χ4n) is 3.86. The Morgan fingerprint density at radius 2 is 1.46 bits per heavy atom. The summed E-state index contributed by atoms with van der Waals surface area (Å²) < 4.78 is 12.3. The largest absolute Gasteiger partial charge is 0.393 e. The molecule has 0 bridgehead atoms. The molecule has 0 unspecified atom stereocenters. The molecule has 10 N–H and O–H groups in total. The van der Waals surface area contributed by atoms with Gasteiger partial charge in [-0.3, -0.25) is 9.13 Å². The van der Waals surface area contributed by atoms with Crippen LogP contribution in [0, 0.1) is 12.3 Å². The van der Waals surface area contributed by atoms with Crippen molar-refractivity contribution < 1.29 is 40.1 Å². The van der Waals surface area contributed by atoms with E-state index in [0.717, 1.165) is 9.13 Å². The summed E-state index contributed by atoms with van der Waals surface area (Å²) in [4.78, 5) is 32.7. The van der Waals surface area contributed by atoms with Crippen LogP contribution in [0.3, 0.4) is 0 Å². The molecule has 2 aromatic heterocycles. The maximum absolute atomic E-state index is 11.7. The Hall–Kier alpha value is -4.09. The van der Waals surface area contributed by atoms with Crippen LogP contribution in [0.4, 0.5) is 11.6 Å². The molecule has 0 radical (unpaired) electrons. The molecule has 0 aromatic carbocycles. The second-order valence-electron chi connectivity index (χ2n) is 8.36. The van der Waals surface area contributed by atoms with Crippen LogP contribution in [-0.2, 0) is 9.47 Å². The number of azide groups is 1. The summed E-state index contributed by atoms with van der Waals surface area (Å²) in [7, 11) is 0. The molecule has 8 atom stereocenters. The lowest BCUT2D eigenvalue weighted by Crippen LogP contribution is -2.45. The number of nitrogens with two attached hydrogens (primary N) is 2.